The molecule has 5 nitrogen and oxygen atoms in total. The van der Waals surface area contributed by atoms with Gasteiger partial charge in [-0.25, -0.2) is 0 Å². The molecule has 1 aromatic heterocycles. The number of likely N-dealkylation sites (N-methyl/N-ethyl adjacent to an activating group) is 1. The molecule has 1 atom stereocenters. The van der Waals surface area contributed by atoms with E-state index in [-0.39, 0.29) is 5.41 Å². The normalized spacial score (nSPS) is 13.4. The zero-order valence-corrected chi connectivity index (χ0v) is 12.7. The molecule has 0 saturated carbocycles. The molecule has 1 aromatic carbocycles. The fraction of sp³-hybridized carbons (Fsp3) is 0.533. The first-order valence-corrected chi connectivity index (χ1v) is 7.08. The smallest absolute Gasteiger partial charge is 0.158 e. The van der Waals surface area contributed by atoms with Gasteiger partial charge in [-0.3, -0.25) is 0 Å². The molecule has 0 bridgehead atoms. The summed E-state index contributed by atoms with van der Waals surface area (Å²) in [7, 11) is 0. The van der Waals surface area contributed by atoms with Crippen molar-refractivity contribution in [3.63, 3.8) is 0 Å². The van der Waals surface area contributed by atoms with Crippen LogP contribution in [-0.4, -0.2) is 32.8 Å². The molecule has 2 rings (SSSR count). The van der Waals surface area contributed by atoms with Crippen LogP contribution >= 0.6 is 0 Å². The van der Waals surface area contributed by atoms with Crippen LogP contribution in [0.2, 0.25) is 0 Å². The van der Waals surface area contributed by atoms with Crippen molar-refractivity contribution in [1.29, 1.82) is 0 Å². The lowest BCUT2D eigenvalue weighted by atomic mass is 9.84. The number of aromatic nitrogens is 4. The van der Waals surface area contributed by atoms with Gasteiger partial charge >= 0.3 is 0 Å². The van der Waals surface area contributed by atoms with Crippen molar-refractivity contribution in [2.45, 2.75) is 40.2 Å². The zero-order chi connectivity index (χ0) is 14.6. The first-order chi connectivity index (χ1) is 9.52. The lowest BCUT2D eigenvalue weighted by Gasteiger charge is -2.31. The summed E-state index contributed by atoms with van der Waals surface area (Å²) in [5, 5.41) is 15.7. The third-order valence-electron chi connectivity index (χ3n) is 3.42. The Balaban J connectivity index is 2.24. The van der Waals surface area contributed by atoms with Gasteiger partial charge in [-0.15, -0.1) is 5.10 Å². The molecule has 5 heteroatoms. The second kappa shape index (κ2) is 6.13. The number of tetrazole rings is 1. The molecule has 0 fully saturated rings. The quantitative estimate of drug-likeness (QED) is 0.907. The van der Waals surface area contributed by atoms with E-state index in [9.17, 15) is 0 Å². The molecule has 1 heterocycles. The van der Waals surface area contributed by atoms with Crippen LogP contribution in [0.1, 0.15) is 33.5 Å². The molecule has 108 valence electrons. The Morgan fingerprint density at radius 1 is 1.20 bits per heavy atom. The van der Waals surface area contributed by atoms with Crippen LogP contribution in [0.15, 0.2) is 30.3 Å². The minimum absolute atomic E-state index is 0.156. The molecule has 0 spiro atoms. The fourth-order valence-electron chi connectivity index (χ4n) is 2.22. The lowest BCUT2D eigenvalue weighted by Crippen LogP contribution is -2.42. The average molecular weight is 273 g/mol. The second-order valence-corrected chi connectivity index (χ2v) is 6.02. The molecule has 0 saturated heterocycles. The van der Waals surface area contributed by atoms with Crippen LogP contribution in [0.25, 0.3) is 5.69 Å². The summed E-state index contributed by atoms with van der Waals surface area (Å²) in [5.74, 6) is 0.886. The zero-order valence-electron chi connectivity index (χ0n) is 12.7. The third-order valence-corrected chi connectivity index (χ3v) is 3.42. The predicted octanol–water partition coefficient (Wildman–Crippen LogP) is 2.23. The SMILES string of the molecule is CCNC(Cc1nnnn1-c1ccccc1)C(C)(C)C. The van der Waals surface area contributed by atoms with Crippen LogP contribution in [0.4, 0.5) is 0 Å². The Morgan fingerprint density at radius 3 is 2.50 bits per heavy atom. The lowest BCUT2D eigenvalue weighted by molar-refractivity contribution is 0.266. The number of nitrogens with one attached hydrogen (secondary N) is 1. The van der Waals surface area contributed by atoms with Gasteiger partial charge in [0.05, 0.1) is 5.69 Å². The van der Waals surface area contributed by atoms with Gasteiger partial charge in [-0.1, -0.05) is 45.9 Å². The van der Waals surface area contributed by atoms with Gasteiger partial charge in [-0.05, 0) is 34.5 Å². The van der Waals surface area contributed by atoms with Gasteiger partial charge < -0.3 is 5.32 Å². The summed E-state index contributed by atoms with van der Waals surface area (Å²) >= 11 is 0. The summed E-state index contributed by atoms with van der Waals surface area (Å²) in [6.45, 7) is 9.76. The van der Waals surface area contributed by atoms with E-state index >= 15 is 0 Å². The molecule has 0 radical (unpaired) electrons. The van der Waals surface area contributed by atoms with E-state index in [4.69, 9.17) is 0 Å². The molecule has 0 aliphatic heterocycles. The highest BCUT2D eigenvalue weighted by molar-refractivity contribution is 5.30. The van der Waals surface area contributed by atoms with Gasteiger partial charge in [0.25, 0.3) is 0 Å². The largest absolute Gasteiger partial charge is 0.313 e. The summed E-state index contributed by atoms with van der Waals surface area (Å²) in [4.78, 5) is 0. The van der Waals surface area contributed by atoms with Crippen molar-refractivity contribution in [2.24, 2.45) is 5.41 Å². The summed E-state index contributed by atoms with van der Waals surface area (Å²) < 4.78 is 1.82. The van der Waals surface area contributed by atoms with Gasteiger partial charge in [0, 0.05) is 12.5 Å². The highest BCUT2D eigenvalue weighted by atomic mass is 15.5. The maximum absolute atomic E-state index is 4.19. The van der Waals surface area contributed by atoms with Crippen LogP contribution in [0, 0.1) is 5.41 Å². The van der Waals surface area contributed by atoms with Gasteiger partial charge in [0.2, 0.25) is 0 Å². The Kier molecular flexibility index (Phi) is 4.49. The third kappa shape index (κ3) is 3.42. The molecule has 2 aromatic rings. The number of nitrogens with zero attached hydrogens (tertiary/aromatic N) is 4. The number of hydrogen-bond donors (Lipinski definition) is 1. The van der Waals surface area contributed by atoms with E-state index < -0.39 is 0 Å². The molecule has 20 heavy (non-hydrogen) atoms. The number of hydrogen-bond acceptors (Lipinski definition) is 4. The minimum atomic E-state index is 0.156. The number of rotatable bonds is 5. The van der Waals surface area contributed by atoms with Crippen molar-refractivity contribution in [3.8, 4) is 5.69 Å². The monoisotopic (exact) mass is 273 g/mol. The van der Waals surface area contributed by atoms with Crippen LogP contribution in [0.5, 0.6) is 0 Å². The molecular weight excluding hydrogens is 250 g/mol. The summed E-state index contributed by atoms with van der Waals surface area (Å²) in [6, 6.07) is 10.3. The maximum atomic E-state index is 4.19. The summed E-state index contributed by atoms with van der Waals surface area (Å²) in [5.41, 5.74) is 1.15. The second-order valence-electron chi connectivity index (χ2n) is 6.02. The highest BCUT2D eigenvalue weighted by Gasteiger charge is 2.26. The van der Waals surface area contributed by atoms with E-state index in [1.54, 1.807) is 0 Å². The van der Waals surface area contributed by atoms with Crippen LogP contribution in [0.3, 0.4) is 0 Å². The first-order valence-electron chi connectivity index (χ1n) is 7.08. The van der Waals surface area contributed by atoms with Crippen molar-refractivity contribution >= 4 is 0 Å². The van der Waals surface area contributed by atoms with E-state index in [1.165, 1.54) is 0 Å². The Hall–Kier alpha value is -1.75. The Morgan fingerprint density at radius 2 is 1.90 bits per heavy atom. The van der Waals surface area contributed by atoms with Crippen LogP contribution in [-0.2, 0) is 6.42 Å². The van der Waals surface area contributed by atoms with Crippen molar-refractivity contribution < 1.29 is 0 Å². The molecular formula is C15H23N5. The topological polar surface area (TPSA) is 55.6 Å². The Bertz CT molecular complexity index is 527. The molecule has 0 aliphatic rings. The molecule has 0 amide bonds. The van der Waals surface area contributed by atoms with Gasteiger partial charge in [0.1, 0.15) is 0 Å². The first kappa shape index (κ1) is 14.7. The van der Waals surface area contributed by atoms with Crippen molar-refractivity contribution in [2.75, 3.05) is 6.54 Å². The number of para-hydroxylation sites is 1. The van der Waals surface area contributed by atoms with Crippen molar-refractivity contribution in [1.82, 2.24) is 25.5 Å². The Labute approximate surface area is 120 Å². The van der Waals surface area contributed by atoms with Gasteiger partial charge in [-0.2, -0.15) is 4.68 Å². The van der Waals surface area contributed by atoms with E-state index in [1.807, 2.05) is 35.0 Å². The average Bonchev–Trinajstić information content (AvgIpc) is 2.86. The van der Waals surface area contributed by atoms with E-state index in [2.05, 4.69) is 48.5 Å². The molecule has 1 N–H and O–H groups in total. The minimum Gasteiger partial charge on any atom is -0.313 e. The van der Waals surface area contributed by atoms with E-state index in [0.717, 1.165) is 24.5 Å². The maximum Gasteiger partial charge on any atom is 0.158 e. The number of benzene rings is 1. The molecule has 0 aliphatic carbocycles. The summed E-state index contributed by atoms with van der Waals surface area (Å²) in [6.07, 6.45) is 0.805. The van der Waals surface area contributed by atoms with Crippen molar-refractivity contribution in [3.05, 3.63) is 36.2 Å². The predicted molar refractivity (Wildman–Crippen MR) is 79.8 cm³/mol. The highest BCUT2D eigenvalue weighted by Crippen LogP contribution is 2.22. The van der Waals surface area contributed by atoms with Gasteiger partial charge in [0.15, 0.2) is 5.82 Å². The van der Waals surface area contributed by atoms with Crippen LogP contribution < -0.4 is 5.32 Å². The van der Waals surface area contributed by atoms with E-state index in [0.29, 0.717) is 6.04 Å². The standard InChI is InChI=1S/C15H23N5/c1-5-16-13(15(2,3)4)11-14-17-18-19-20(14)12-9-7-6-8-10-12/h6-10,13,16H,5,11H2,1-4H3. The molecule has 1 unspecified atom stereocenters. The fourth-order valence-corrected chi connectivity index (χ4v) is 2.22.